The first-order valence-corrected chi connectivity index (χ1v) is 7.81. The number of rotatable bonds is 8. The molecule has 1 unspecified atom stereocenters. The number of carbonyl (C=O) groups excluding carboxylic acids is 1. The molecule has 0 spiro atoms. The third kappa shape index (κ3) is 6.64. The summed E-state index contributed by atoms with van der Waals surface area (Å²) in [6.07, 6.45) is 2.93. The Labute approximate surface area is 119 Å². The van der Waals surface area contributed by atoms with E-state index in [1.807, 2.05) is 19.1 Å². The predicted molar refractivity (Wildman–Crippen MR) is 82.7 cm³/mol. The molecule has 0 radical (unpaired) electrons. The Morgan fingerprint density at radius 3 is 2.63 bits per heavy atom. The fraction of sp³-hybridized carbons (Fsp3) is 0.533. The summed E-state index contributed by atoms with van der Waals surface area (Å²) in [7, 11) is 0. The van der Waals surface area contributed by atoms with Crippen molar-refractivity contribution in [2.24, 2.45) is 0 Å². The van der Waals surface area contributed by atoms with E-state index in [1.54, 1.807) is 11.8 Å². The molecule has 0 fully saturated rings. The van der Waals surface area contributed by atoms with Crippen LogP contribution in [0.25, 0.3) is 0 Å². The zero-order chi connectivity index (χ0) is 14.1. The standard InChI is InChI=1S/C15H23NO2S/c1-3-4-13-5-7-14(8-6-13)16-15(18)11-19-12(2)9-10-17/h5-8,12,17H,3-4,9-11H2,1-2H3,(H,16,18). The lowest BCUT2D eigenvalue weighted by atomic mass is 10.1. The maximum absolute atomic E-state index is 11.7. The second-order valence-corrected chi connectivity index (χ2v) is 6.06. The largest absolute Gasteiger partial charge is 0.396 e. The molecule has 1 rings (SSSR count). The van der Waals surface area contributed by atoms with Gasteiger partial charge in [0.15, 0.2) is 0 Å². The summed E-state index contributed by atoms with van der Waals surface area (Å²) in [6.45, 7) is 4.35. The fourth-order valence-electron chi connectivity index (χ4n) is 1.72. The Hall–Kier alpha value is -1.00. The van der Waals surface area contributed by atoms with Crippen LogP contribution in [0.2, 0.25) is 0 Å². The SMILES string of the molecule is CCCc1ccc(NC(=O)CSC(C)CCO)cc1. The van der Waals surface area contributed by atoms with Crippen molar-refractivity contribution in [3.05, 3.63) is 29.8 Å². The Kier molecular flexibility index (Phi) is 7.60. The summed E-state index contributed by atoms with van der Waals surface area (Å²) in [4.78, 5) is 11.7. The van der Waals surface area contributed by atoms with Gasteiger partial charge in [-0.2, -0.15) is 0 Å². The molecule has 4 heteroatoms. The summed E-state index contributed by atoms with van der Waals surface area (Å²) in [6, 6.07) is 8.01. The van der Waals surface area contributed by atoms with E-state index in [0.29, 0.717) is 11.0 Å². The maximum atomic E-state index is 11.7. The lowest BCUT2D eigenvalue weighted by molar-refractivity contribution is -0.113. The Morgan fingerprint density at radius 2 is 2.05 bits per heavy atom. The number of carbonyl (C=O) groups is 1. The third-order valence-corrected chi connectivity index (χ3v) is 4.04. The molecule has 0 aliphatic carbocycles. The van der Waals surface area contributed by atoms with E-state index in [4.69, 9.17) is 5.11 Å². The number of anilines is 1. The predicted octanol–water partition coefficient (Wildman–Crippen LogP) is 3.08. The van der Waals surface area contributed by atoms with Crippen LogP contribution in [0.3, 0.4) is 0 Å². The molecule has 0 aromatic heterocycles. The van der Waals surface area contributed by atoms with Gasteiger partial charge in [-0.3, -0.25) is 4.79 Å². The van der Waals surface area contributed by atoms with Crippen LogP contribution in [-0.4, -0.2) is 28.6 Å². The van der Waals surface area contributed by atoms with Gasteiger partial charge in [-0.15, -0.1) is 11.8 Å². The fourth-order valence-corrected chi connectivity index (χ4v) is 2.50. The summed E-state index contributed by atoms with van der Waals surface area (Å²) in [5, 5.41) is 12.0. The number of aryl methyl sites for hydroxylation is 1. The minimum absolute atomic E-state index is 0.0121. The first kappa shape index (κ1) is 16.1. The van der Waals surface area contributed by atoms with Crippen LogP contribution < -0.4 is 5.32 Å². The van der Waals surface area contributed by atoms with E-state index in [0.717, 1.165) is 24.9 Å². The van der Waals surface area contributed by atoms with Gasteiger partial charge in [0.05, 0.1) is 5.75 Å². The van der Waals surface area contributed by atoms with Crippen molar-refractivity contribution in [1.29, 1.82) is 0 Å². The number of amides is 1. The Bertz CT molecular complexity index is 378. The number of benzene rings is 1. The zero-order valence-corrected chi connectivity index (χ0v) is 12.5. The highest BCUT2D eigenvalue weighted by Crippen LogP contribution is 2.15. The van der Waals surface area contributed by atoms with E-state index in [-0.39, 0.29) is 12.5 Å². The normalized spacial score (nSPS) is 12.2. The average Bonchev–Trinajstić information content (AvgIpc) is 2.39. The average molecular weight is 281 g/mol. The van der Waals surface area contributed by atoms with Crippen LogP contribution in [0, 0.1) is 0 Å². The number of hydrogen-bond acceptors (Lipinski definition) is 3. The second-order valence-electron chi connectivity index (χ2n) is 4.63. The van der Waals surface area contributed by atoms with Gasteiger partial charge >= 0.3 is 0 Å². The van der Waals surface area contributed by atoms with Crippen molar-refractivity contribution in [2.45, 2.75) is 38.4 Å². The first-order chi connectivity index (χ1) is 9.15. The molecule has 3 nitrogen and oxygen atoms in total. The first-order valence-electron chi connectivity index (χ1n) is 6.77. The number of aliphatic hydroxyl groups excluding tert-OH is 1. The quantitative estimate of drug-likeness (QED) is 0.770. The maximum Gasteiger partial charge on any atom is 0.234 e. The number of aliphatic hydroxyl groups is 1. The molecule has 0 saturated heterocycles. The monoisotopic (exact) mass is 281 g/mol. The van der Waals surface area contributed by atoms with Crippen molar-refractivity contribution >= 4 is 23.4 Å². The van der Waals surface area contributed by atoms with Gasteiger partial charge in [0.2, 0.25) is 5.91 Å². The Morgan fingerprint density at radius 1 is 1.37 bits per heavy atom. The molecule has 1 aromatic rings. The van der Waals surface area contributed by atoms with Gasteiger partial charge in [-0.05, 0) is 30.5 Å². The zero-order valence-electron chi connectivity index (χ0n) is 11.7. The van der Waals surface area contributed by atoms with Crippen LogP contribution in [-0.2, 0) is 11.2 Å². The molecule has 1 atom stereocenters. The van der Waals surface area contributed by atoms with Crippen LogP contribution in [0.5, 0.6) is 0 Å². The van der Waals surface area contributed by atoms with E-state index in [2.05, 4.69) is 24.4 Å². The van der Waals surface area contributed by atoms with Gasteiger partial charge in [0.1, 0.15) is 0 Å². The van der Waals surface area contributed by atoms with Crippen LogP contribution in [0.4, 0.5) is 5.69 Å². The van der Waals surface area contributed by atoms with Crippen molar-refractivity contribution in [2.75, 3.05) is 17.7 Å². The van der Waals surface area contributed by atoms with E-state index in [1.165, 1.54) is 5.56 Å². The number of hydrogen-bond donors (Lipinski definition) is 2. The third-order valence-electron chi connectivity index (χ3n) is 2.81. The molecule has 0 saturated carbocycles. The molecule has 1 amide bonds. The molecule has 1 aromatic carbocycles. The lowest BCUT2D eigenvalue weighted by Crippen LogP contribution is -2.16. The Balaban J connectivity index is 2.35. The summed E-state index contributed by atoms with van der Waals surface area (Å²) < 4.78 is 0. The van der Waals surface area contributed by atoms with Crippen molar-refractivity contribution in [3.8, 4) is 0 Å². The molecule has 0 heterocycles. The summed E-state index contributed by atoms with van der Waals surface area (Å²) >= 11 is 1.57. The van der Waals surface area contributed by atoms with Crippen molar-refractivity contribution in [1.82, 2.24) is 0 Å². The molecule has 106 valence electrons. The molecule has 0 aliphatic heterocycles. The van der Waals surface area contributed by atoms with Gasteiger partial charge in [0.25, 0.3) is 0 Å². The topological polar surface area (TPSA) is 49.3 Å². The molecular weight excluding hydrogens is 258 g/mol. The smallest absolute Gasteiger partial charge is 0.234 e. The molecule has 0 bridgehead atoms. The molecular formula is C15H23NO2S. The van der Waals surface area contributed by atoms with Crippen LogP contribution >= 0.6 is 11.8 Å². The van der Waals surface area contributed by atoms with Gasteiger partial charge in [-0.25, -0.2) is 0 Å². The van der Waals surface area contributed by atoms with Gasteiger partial charge < -0.3 is 10.4 Å². The second kappa shape index (κ2) is 8.99. The highest BCUT2D eigenvalue weighted by Gasteiger charge is 2.07. The molecule has 19 heavy (non-hydrogen) atoms. The van der Waals surface area contributed by atoms with E-state index in [9.17, 15) is 4.79 Å². The van der Waals surface area contributed by atoms with E-state index >= 15 is 0 Å². The summed E-state index contributed by atoms with van der Waals surface area (Å²) in [5.41, 5.74) is 2.15. The minimum Gasteiger partial charge on any atom is -0.396 e. The molecule has 0 aliphatic rings. The van der Waals surface area contributed by atoms with Crippen molar-refractivity contribution in [3.63, 3.8) is 0 Å². The minimum atomic E-state index is 0.0121. The van der Waals surface area contributed by atoms with Crippen LogP contribution in [0.1, 0.15) is 32.3 Å². The summed E-state index contributed by atoms with van der Waals surface area (Å²) in [5.74, 6) is 0.441. The van der Waals surface area contributed by atoms with E-state index < -0.39 is 0 Å². The van der Waals surface area contributed by atoms with Gasteiger partial charge in [0, 0.05) is 17.5 Å². The van der Waals surface area contributed by atoms with Gasteiger partial charge in [-0.1, -0.05) is 32.4 Å². The van der Waals surface area contributed by atoms with Crippen molar-refractivity contribution < 1.29 is 9.90 Å². The van der Waals surface area contributed by atoms with Crippen LogP contribution in [0.15, 0.2) is 24.3 Å². The lowest BCUT2D eigenvalue weighted by Gasteiger charge is -2.10. The highest BCUT2D eigenvalue weighted by atomic mass is 32.2. The highest BCUT2D eigenvalue weighted by molar-refractivity contribution is 8.00. The molecule has 2 N–H and O–H groups in total. The number of thioether (sulfide) groups is 1. The number of nitrogens with one attached hydrogen (secondary N) is 1.